The third kappa shape index (κ3) is 2.98. The normalized spacial score (nSPS) is 16.8. The predicted octanol–water partition coefficient (Wildman–Crippen LogP) is 1.39. The third-order valence-corrected chi connectivity index (χ3v) is 4.86. The summed E-state index contributed by atoms with van der Waals surface area (Å²) in [5.41, 5.74) is 0.597. The van der Waals surface area contributed by atoms with Crippen molar-refractivity contribution in [3.05, 3.63) is 27.1 Å². The second-order valence-electron chi connectivity index (χ2n) is 4.73. The zero-order valence-corrected chi connectivity index (χ0v) is 13.1. The highest BCUT2D eigenvalue weighted by Gasteiger charge is 2.27. The minimum absolute atomic E-state index is 0.105. The number of nitrogens with zero attached hydrogens (tertiary/aromatic N) is 4. The number of rotatable bonds is 3. The number of anilines is 1. The molecule has 0 unspecified atom stereocenters. The number of hydrogen-bond acceptors (Lipinski definition) is 7. The topological polar surface area (TPSA) is 89.8 Å². The zero-order chi connectivity index (χ0) is 15.0. The van der Waals surface area contributed by atoms with Crippen LogP contribution < -0.4 is 10.9 Å². The number of hydrogen-bond donors (Lipinski definition) is 1. The Kier molecular flexibility index (Phi) is 3.77. The van der Waals surface area contributed by atoms with Crippen molar-refractivity contribution in [2.24, 2.45) is 0 Å². The van der Waals surface area contributed by atoms with Crippen molar-refractivity contribution in [2.75, 3.05) is 11.1 Å². The Morgan fingerprint density at radius 1 is 1.48 bits per heavy atom. The first-order valence-electron chi connectivity index (χ1n) is 6.36. The molecule has 1 aliphatic rings. The fourth-order valence-electron chi connectivity index (χ4n) is 2.14. The molecule has 110 valence electrons. The van der Waals surface area contributed by atoms with Crippen LogP contribution in [0.15, 0.2) is 16.0 Å². The van der Waals surface area contributed by atoms with E-state index in [4.69, 9.17) is 0 Å². The maximum atomic E-state index is 12.0. The Hall–Kier alpha value is -1.74. The molecule has 3 rings (SSSR count). The van der Waals surface area contributed by atoms with E-state index in [0.29, 0.717) is 21.7 Å². The van der Waals surface area contributed by atoms with Crippen LogP contribution in [-0.4, -0.2) is 31.4 Å². The lowest BCUT2D eigenvalue weighted by atomic mass is 10.2. The number of amides is 1. The molecular formula is C12H13N5O2S2. The summed E-state index contributed by atoms with van der Waals surface area (Å²) in [5.74, 6) is 0.505. The van der Waals surface area contributed by atoms with Gasteiger partial charge in [-0.1, -0.05) is 23.1 Å². The summed E-state index contributed by atoms with van der Waals surface area (Å²) in [5, 5.41) is 12.4. The second-order valence-corrected chi connectivity index (χ2v) is 6.90. The highest BCUT2D eigenvalue weighted by atomic mass is 32.2. The van der Waals surface area contributed by atoms with Gasteiger partial charge in [-0.05, 0) is 13.8 Å². The maximum Gasteiger partial charge on any atom is 0.254 e. The highest BCUT2D eigenvalue weighted by Crippen LogP contribution is 2.32. The molecule has 1 N–H and O–H groups in total. The first-order chi connectivity index (χ1) is 10.0. The summed E-state index contributed by atoms with van der Waals surface area (Å²) in [7, 11) is 0. The zero-order valence-electron chi connectivity index (χ0n) is 11.5. The fourth-order valence-corrected chi connectivity index (χ4v) is 3.95. The van der Waals surface area contributed by atoms with Crippen molar-refractivity contribution in [3.63, 3.8) is 0 Å². The van der Waals surface area contributed by atoms with Gasteiger partial charge < -0.3 is 5.32 Å². The quantitative estimate of drug-likeness (QED) is 0.859. The fraction of sp³-hybridized carbons (Fsp3) is 0.417. The molecule has 0 radical (unpaired) electrons. The van der Waals surface area contributed by atoms with E-state index in [1.165, 1.54) is 29.2 Å². The lowest BCUT2D eigenvalue weighted by Gasteiger charge is -2.12. The van der Waals surface area contributed by atoms with Gasteiger partial charge in [0.05, 0.1) is 6.04 Å². The lowest BCUT2D eigenvalue weighted by molar-refractivity contribution is -0.116. The Bertz CT molecular complexity index is 754. The predicted molar refractivity (Wildman–Crippen MR) is 80.9 cm³/mol. The van der Waals surface area contributed by atoms with Crippen LogP contribution in [0.25, 0.3) is 0 Å². The summed E-state index contributed by atoms with van der Waals surface area (Å²) in [6, 6.07) is 1.33. The molecule has 9 heteroatoms. The maximum absolute atomic E-state index is 12.0. The van der Waals surface area contributed by atoms with Crippen LogP contribution in [0.1, 0.15) is 23.2 Å². The van der Waals surface area contributed by atoms with Crippen LogP contribution in [0.4, 0.5) is 5.13 Å². The summed E-state index contributed by atoms with van der Waals surface area (Å²) < 4.78 is 1.60. The molecule has 3 heterocycles. The van der Waals surface area contributed by atoms with Gasteiger partial charge in [-0.25, -0.2) is 4.98 Å². The number of fused-ring (bicyclic) bond motifs is 1. The van der Waals surface area contributed by atoms with Crippen molar-refractivity contribution in [2.45, 2.75) is 31.5 Å². The van der Waals surface area contributed by atoms with E-state index < -0.39 is 0 Å². The lowest BCUT2D eigenvalue weighted by Crippen LogP contribution is -2.27. The van der Waals surface area contributed by atoms with E-state index in [1.807, 2.05) is 6.92 Å². The molecule has 1 aliphatic heterocycles. The standard InChI is InChI=1S/C12H13N5O2S2/c1-6-3-10(19)17-8(5-20-12(17)13-6)4-9(18)14-11-16-15-7(2)21-11/h3,8H,4-5H2,1-2H3,(H,14,16,18)/t8-/m0/s1. The number of carbonyl (C=O) groups excluding carboxylic acids is 1. The van der Waals surface area contributed by atoms with E-state index in [-0.39, 0.29) is 23.9 Å². The van der Waals surface area contributed by atoms with Crippen LogP contribution in [-0.2, 0) is 4.79 Å². The van der Waals surface area contributed by atoms with E-state index >= 15 is 0 Å². The summed E-state index contributed by atoms with van der Waals surface area (Å²) >= 11 is 2.83. The van der Waals surface area contributed by atoms with E-state index in [1.54, 1.807) is 11.5 Å². The van der Waals surface area contributed by atoms with Crippen molar-refractivity contribution in [3.8, 4) is 0 Å². The number of aromatic nitrogens is 4. The minimum atomic E-state index is -0.169. The molecule has 0 spiro atoms. The monoisotopic (exact) mass is 323 g/mol. The van der Waals surface area contributed by atoms with Crippen LogP contribution in [0.5, 0.6) is 0 Å². The van der Waals surface area contributed by atoms with Crippen LogP contribution in [0, 0.1) is 13.8 Å². The third-order valence-electron chi connectivity index (χ3n) is 3.01. The molecule has 0 saturated carbocycles. The second kappa shape index (κ2) is 5.57. The van der Waals surface area contributed by atoms with Crippen molar-refractivity contribution in [1.29, 1.82) is 0 Å². The first kappa shape index (κ1) is 14.2. The molecule has 0 aliphatic carbocycles. The van der Waals surface area contributed by atoms with Crippen LogP contribution >= 0.6 is 23.1 Å². The van der Waals surface area contributed by atoms with Gasteiger partial charge in [-0.15, -0.1) is 10.2 Å². The number of thioether (sulfide) groups is 1. The molecule has 2 aromatic rings. The Balaban J connectivity index is 1.73. The molecule has 0 bridgehead atoms. The van der Waals surface area contributed by atoms with Gasteiger partial charge in [0.1, 0.15) is 5.01 Å². The summed E-state index contributed by atoms with van der Waals surface area (Å²) in [6.07, 6.45) is 0.225. The molecule has 21 heavy (non-hydrogen) atoms. The van der Waals surface area contributed by atoms with Gasteiger partial charge >= 0.3 is 0 Å². The van der Waals surface area contributed by atoms with Gasteiger partial charge in [0.25, 0.3) is 5.56 Å². The van der Waals surface area contributed by atoms with Gasteiger partial charge in [-0.3, -0.25) is 14.2 Å². The molecule has 1 amide bonds. The Morgan fingerprint density at radius 3 is 3.00 bits per heavy atom. The van der Waals surface area contributed by atoms with Crippen molar-refractivity contribution < 1.29 is 4.79 Å². The average Bonchev–Trinajstić information content (AvgIpc) is 2.96. The first-order valence-corrected chi connectivity index (χ1v) is 8.16. The van der Waals surface area contributed by atoms with Gasteiger partial charge in [-0.2, -0.15) is 0 Å². The largest absolute Gasteiger partial charge is 0.300 e. The number of aryl methyl sites for hydroxylation is 2. The van der Waals surface area contributed by atoms with Crippen LogP contribution in [0.3, 0.4) is 0 Å². The molecule has 0 saturated heterocycles. The smallest absolute Gasteiger partial charge is 0.254 e. The summed E-state index contributed by atoms with van der Waals surface area (Å²) in [6.45, 7) is 3.62. The van der Waals surface area contributed by atoms with Gasteiger partial charge in [0, 0.05) is 23.9 Å². The highest BCUT2D eigenvalue weighted by molar-refractivity contribution is 7.99. The minimum Gasteiger partial charge on any atom is -0.300 e. The molecule has 2 aromatic heterocycles. The Labute approximate surface area is 128 Å². The molecule has 1 atom stereocenters. The average molecular weight is 323 g/mol. The SMILES string of the molecule is Cc1cc(=O)n2c(n1)SC[C@@H]2CC(=O)Nc1nnc(C)s1. The molecular weight excluding hydrogens is 310 g/mol. The number of carbonyl (C=O) groups is 1. The van der Waals surface area contributed by atoms with E-state index in [0.717, 1.165) is 5.01 Å². The van der Waals surface area contributed by atoms with Gasteiger partial charge in [0.2, 0.25) is 11.0 Å². The van der Waals surface area contributed by atoms with Crippen molar-refractivity contribution >= 4 is 34.1 Å². The van der Waals surface area contributed by atoms with E-state index in [2.05, 4.69) is 20.5 Å². The van der Waals surface area contributed by atoms with Crippen molar-refractivity contribution in [1.82, 2.24) is 19.7 Å². The Morgan fingerprint density at radius 2 is 2.29 bits per heavy atom. The molecule has 0 fully saturated rings. The molecule has 7 nitrogen and oxygen atoms in total. The summed E-state index contributed by atoms with van der Waals surface area (Å²) in [4.78, 5) is 28.4. The molecule has 0 aromatic carbocycles. The van der Waals surface area contributed by atoms with Gasteiger partial charge in [0.15, 0.2) is 5.16 Å². The number of nitrogens with one attached hydrogen (secondary N) is 1. The van der Waals surface area contributed by atoms with Crippen LogP contribution in [0.2, 0.25) is 0 Å². The van der Waals surface area contributed by atoms with E-state index in [9.17, 15) is 9.59 Å².